The minimum Gasteiger partial charge on any atom is -0.603 e. The largest absolute Gasteiger partial charge is 0.603 e. The Balaban J connectivity index is 1.60. The van der Waals surface area contributed by atoms with E-state index in [4.69, 9.17) is 4.74 Å². The first-order valence-electron chi connectivity index (χ1n) is 10.5. The molecule has 1 aliphatic rings. The molecule has 0 atom stereocenters. The lowest BCUT2D eigenvalue weighted by Crippen LogP contribution is -2.22. The molecule has 0 aromatic heterocycles. The number of rotatable bonds is 6. The van der Waals surface area contributed by atoms with Crippen LogP contribution in [0.3, 0.4) is 0 Å². The quantitative estimate of drug-likeness (QED) is 0.607. The molecule has 184 valence electrons. The van der Waals surface area contributed by atoms with Crippen molar-refractivity contribution in [1.82, 2.24) is 0 Å². The van der Waals surface area contributed by atoms with Crippen molar-refractivity contribution in [3.8, 4) is 0 Å². The summed E-state index contributed by atoms with van der Waals surface area (Å²) in [5, 5.41) is 14.9. The fourth-order valence-corrected chi connectivity index (χ4v) is 3.95. The van der Waals surface area contributed by atoms with Gasteiger partial charge >= 0.3 is 0 Å². The lowest BCUT2D eigenvalue weighted by molar-refractivity contribution is -0.356. The van der Waals surface area contributed by atoms with E-state index in [9.17, 15) is 27.1 Å². The van der Waals surface area contributed by atoms with Crippen molar-refractivity contribution >= 4 is 27.3 Å². The van der Waals surface area contributed by atoms with Gasteiger partial charge in [0, 0.05) is 5.69 Å². The Morgan fingerprint density at radius 1 is 1.00 bits per heavy atom. The summed E-state index contributed by atoms with van der Waals surface area (Å²) in [7, 11) is -4.30. The van der Waals surface area contributed by atoms with Gasteiger partial charge in [-0.05, 0) is 59.0 Å². The zero-order valence-corrected chi connectivity index (χ0v) is 20.0. The molecule has 0 spiro atoms. The van der Waals surface area contributed by atoms with E-state index >= 15 is 0 Å². The number of nitrogens with one attached hydrogen (secondary N) is 1. The van der Waals surface area contributed by atoms with Gasteiger partial charge in [0.25, 0.3) is 10.0 Å². The van der Waals surface area contributed by atoms with Crippen molar-refractivity contribution < 1.29 is 31.8 Å². The van der Waals surface area contributed by atoms with Crippen LogP contribution in [0.15, 0.2) is 87.6 Å². The van der Waals surface area contributed by atoms with Crippen molar-refractivity contribution in [3.63, 3.8) is 0 Å². The summed E-state index contributed by atoms with van der Waals surface area (Å²) in [5.74, 6) is -3.81. The molecule has 1 aliphatic carbocycles. The van der Waals surface area contributed by atoms with Crippen LogP contribution in [-0.4, -0.2) is 26.6 Å². The van der Waals surface area contributed by atoms with Gasteiger partial charge in [0.2, 0.25) is 5.91 Å². The van der Waals surface area contributed by atoms with Gasteiger partial charge < -0.3 is 15.2 Å². The highest BCUT2D eigenvalue weighted by Gasteiger charge is 2.17. The molecule has 2 aromatic rings. The standard InChI is InChI=1S/C25H24F2N2O5S/c1-25(2,3)17-6-10-18(11-7-17)28-23(30)15-34-24(31)16-4-8-19(9-5-16)29-35(32,33)20-12-13-21(26)22(27)14-20/h4-14,31H,15H2,1-3H3,(H,28,30)/p-1. The molecular weight excluding hydrogens is 478 g/mol. The van der Waals surface area contributed by atoms with E-state index in [0.717, 1.165) is 11.6 Å². The average Bonchev–Trinajstić information content (AvgIpc) is 2.79. The topological polar surface area (TPSA) is 108 Å². The molecule has 3 rings (SSSR count). The number of halogens is 2. The molecule has 0 saturated heterocycles. The van der Waals surface area contributed by atoms with E-state index in [0.29, 0.717) is 17.8 Å². The minimum absolute atomic E-state index is 0.0238. The van der Waals surface area contributed by atoms with Gasteiger partial charge in [-0.1, -0.05) is 45.1 Å². The molecule has 0 saturated carbocycles. The third-order valence-corrected chi connectivity index (χ3v) is 6.19. The molecule has 1 N–H and O–H groups in total. The molecule has 35 heavy (non-hydrogen) atoms. The average molecular weight is 502 g/mol. The van der Waals surface area contributed by atoms with Gasteiger partial charge in [0.1, 0.15) is 0 Å². The Kier molecular flexibility index (Phi) is 7.54. The number of nitrogens with zero attached hydrogens (tertiary/aromatic N) is 1. The second kappa shape index (κ2) is 10.2. The summed E-state index contributed by atoms with van der Waals surface area (Å²) >= 11 is 0. The van der Waals surface area contributed by atoms with Crippen LogP contribution < -0.4 is 10.4 Å². The minimum atomic E-state index is -4.30. The number of sulfonamides is 1. The molecule has 1 amide bonds. The van der Waals surface area contributed by atoms with Crippen LogP contribution in [0.4, 0.5) is 14.5 Å². The van der Waals surface area contributed by atoms with E-state index in [2.05, 4.69) is 30.5 Å². The molecule has 0 unspecified atom stereocenters. The van der Waals surface area contributed by atoms with Gasteiger partial charge in [-0.25, -0.2) is 8.78 Å². The molecule has 0 heterocycles. The number of hydrogen-bond donors (Lipinski definition) is 1. The van der Waals surface area contributed by atoms with Crippen molar-refractivity contribution in [1.29, 1.82) is 0 Å². The van der Waals surface area contributed by atoms with Crippen molar-refractivity contribution in [2.45, 2.75) is 31.1 Å². The lowest BCUT2D eigenvalue weighted by atomic mass is 9.87. The first-order valence-corrected chi connectivity index (χ1v) is 11.9. The maximum atomic E-state index is 13.3. The Bertz CT molecular complexity index is 1340. The molecule has 0 fully saturated rings. The third kappa shape index (κ3) is 6.86. The van der Waals surface area contributed by atoms with E-state index in [1.807, 2.05) is 12.1 Å². The van der Waals surface area contributed by atoms with E-state index in [-0.39, 0.29) is 16.7 Å². The SMILES string of the molecule is CC(C)(C)c1ccc(NC(=O)COC([O-])=C2C=CC(=NS(=O)(=O)c3ccc(F)c(F)c3)C=C2)cc1. The van der Waals surface area contributed by atoms with Crippen molar-refractivity contribution in [2.75, 3.05) is 11.9 Å². The molecule has 10 heteroatoms. The number of ether oxygens (including phenoxy) is 1. The molecule has 7 nitrogen and oxygen atoms in total. The van der Waals surface area contributed by atoms with E-state index in [1.54, 1.807) is 12.1 Å². The summed E-state index contributed by atoms with van der Waals surface area (Å²) < 4.78 is 59.5. The molecule has 2 aromatic carbocycles. The maximum absolute atomic E-state index is 13.3. The lowest BCUT2D eigenvalue weighted by Gasteiger charge is -2.20. The highest BCUT2D eigenvalue weighted by atomic mass is 32.2. The van der Waals surface area contributed by atoms with Crippen LogP contribution >= 0.6 is 0 Å². The van der Waals surface area contributed by atoms with Gasteiger partial charge in [-0.2, -0.15) is 12.8 Å². The molecule has 0 radical (unpaired) electrons. The van der Waals surface area contributed by atoms with Crippen LogP contribution in [0.1, 0.15) is 26.3 Å². The van der Waals surface area contributed by atoms with Crippen LogP contribution in [0.25, 0.3) is 0 Å². The van der Waals surface area contributed by atoms with Gasteiger partial charge in [0.05, 0.1) is 23.2 Å². The van der Waals surface area contributed by atoms with Crippen LogP contribution in [0, 0.1) is 11.6 Å². The maximum Gasteiger partial charge on any atom is 0.282 e. The predicted octanol–water partition coefficient (Wildman–Crippen LogP) is 3.75. The molecule has 0 bridgehead atoms. The van der Waals surface area contributed by atoms with Crippen LogP contribution in [-0.2, 0) is 25.0 Å². The smallest absolute Gasteiger partial charge is 0.282 e. The van der Waals surface area contributed by atoms with E-state index in [1.165, 1.54) is 24.3 Å². The number of carbonyl (C=O) groups excluding carboxylic acids is 1. The second-order valence-electron chi connectivity index (χ2n) is 8.64. The summed E-state index contributed by atoms with van der Waals surface area (Å²) in [6.07, 6.45) is 5.02. The van der Waals surface area contributed by atoms with Gasteiger partial charge in [-0.3, -0.25) is 4.79 Å². The number of allylic oxidation sites excluding steroid dienone is 5. The van der Waals surface area contributed by atoms with Crippen molar-refractivity contribution in [3.05, 3.63) is 95.5 Å². The number of amides is 1. The monoisotopic (exact) mass is 501 g/mol. The second-order valence-corrected chi connectivity index (χ2v) is 10.2. The van der Waals surface area contributed by atoms with Gasteiger partial charge in [0.15, 0.2) is 11.6 Å². The van der Waals surface area contributed by atoms with E-state index < -0.39 is 45.0 Å². The Morgan fingerprint density at radius 2 is 1.63 bits per heavy atom. The number of anilines is 1. The summed E-state index contributed by atoms with van der Waals surface area (Å²) in [4.78, 5) is 11.6. The first kappa shape index (κ1) is 25.8. The zero-order chi connectivity index (χ0) is 25.8. The van der Waals surface area contributed by atoms with Gasteiger partial charge in [-0.15, -0.1) is 0 Å². The Hall–Kier alpha value is -3.79. The predicted molar refractivity (Wildman–Crippen MR) is 126 cm³/mol. The first-order chi connectivity index (χ1) is 16.3. The normalized spacial score (nSPS) is 13.5. The Labute approximate surface area is 202 Å². The zero-order valence-electron chi connectivity index (χ0n) is 19.2. The van der Waals surface area contributed by atoms with Crippen LogP contribution in [0.2, 0.25) is 0 Å². The highest BCUT2D eigenvalue weighted by Crippen LogP contribution is 2.23. The molecular formula is C25H23F2N2O5S-. The fraction of sp³-hybridized carbons (Fsp3) is 0.200. The van der Waals surface area contributed by atoms with Crippen molar-refractivity contribution in [2.24, 2.45) is 4.40 Å². The van der Waals surface area contributed by atoms with Crippen LogP contribution in [0.5, 0.6) is 0 Å². The molecule has 0 aliphatic heterocycles. The Morgan fingerprint density at radius 3 is 2.20 bits per heavy atom. The summed E-state index contributed by atoms with van der Waals surface area (Å²) in [6.45, 7) is 5.71. The number of carbonyl (C=O) groups is 1. The number of hydrogen-bond acceptors (Lipinski definition) is 5. The highest BCUT2D eigenvalue weighted by molar-refractivity contribution is 7.90. The third-order valence-electron chi connectivity index (χ3n) is 4.89. The number of benzene rings is 2. The summed E-state index contributed by atoms with van der Waals surface area (Å²) in [6, 6.07) is 9.45. The summed E-state index contributed by atoms with van der Waals surface area (Å²) in [5.41, 5.74) is 1.67. The fourth-order valence-electron chi connectivity index (χ4n) is 2.95.